The van der Waals surface area contributed by atoms with E-state index in [4.69, 9.17) is 5.11 Å². The molecule has 1 N–H and O–H groups in total. The summed E-state index contributed by atoms with van der Waals surface area (Å²) in [5.74, 6) is -0.718. The molecule has 0 bridgehead atoms. The molecular weight excluding hydrogens is 356 g/mol. The first-order valence-electron chi connectivity index (χ1n) is 7.01. The molecule has 0 radical (unpaired) electrons. The van der Waals surface area contributed by atoms with E-state index < -0.39 is 5.97 Å². The second-order valence-corrected chi connectivity index (χ2v) is 7.55. The first-order valence-corrected chi connectivity index (χ1v) is 8.62. The minimum atomic E-state index is -0.793. The van der Waals surface area contributed by atoms with Crippen LogP contribution < -0.4 is 0 Å². The first-order chi connectivity index (χ1) is 10.0. The molecule has 0 atom stereocenters. The molecule has 0 saturated carbocycles. The molecule has 1 aliphatic heterocycles. The van der Waals surface area contributed by atoms with Crippen LogP contribution in [0.25, 0.3) is 0 Å². The van der Waals surface area contributed by atoms with Gasteiger partial charge < -0.3 is 10.0 Å². The van der Waals surface area contributed by atoms with Gasteiger partial charge in [-0.15, -0.1) is 11.3 Å². The number of piperidine rings is 1. The van der Waals surface area contributed by atoms with E-state index in [2.05, 4.69) is 15.9 Å². The van der Waals surface area contributed by atoms with Gasteiger partial charge in [0.15, 0.2) is 0 Å². The number of likely N-dealkylation sites (N-methyl/N-ethyl adjacent to an activating group) is 1. The average molecular weight is 375 g/mol. The van der Waals surface area contributed by atoms with Crippen molar-refractivity contribution in [1.82, 2.24) is 9.80 Å². The Kier molecular flexibility index (Phi) is 5.78. The lowest BCUT2D eigenvalue weighted by Gasteiger charge is -2.37. The molecule has 1 aromatic rings. The van der Waals surface area contributed by atoms with E-state index in [-0.39, 0.29) is 18.5 Å². The van der Waals surface area contributed by atoms with Crippen molar-refractivity contribution in [3.05, 3.63) is 20.8 Å². The molecule has 1 saturated heterocycles. The van der Waals surface area contributed by atoms with Gasteiger partial charge in [0, 0.05) is 19.1 Å². The number of hydrogen-bond acceptors (Lipinski definition) is 4. The Hall–Kier alpha value is -0.920. The van der Waals surface area contributed by atoms with E-state index in [9.17, 15) is 9.59 Å². The van der Waals surface area contributed by atoms with Crippen LogP contribution in [-0.2, 0) is 4.79 Å². The van der Waals surface area contributed by atoms with Gasteiger partial charge in [0.05, 0.1) is 15.2 Å². The molecule has 5 nitrogen and oxygen atoms in total. The van der Waals surface area contributed by atoms with Crippen molar-refractivity contribution >= 4 is 39.1 Å². The van der Waals surface area contributed by atoms with E-state index in [1.807, 2.05) is 28.9 Å². The third-order valence-corrected chi connectivity index (χ3v) is 5.41. The smallest absolute Gasteiger partial charge is 0.317 e. The lowest BCUT2D eigenvalue weighted by molar-refractivity contribution is -0.139. The number of halogens is 1. The van der Waals surface area contributed by atoms with Crippen LogP contribution in [0.4, 0.5) is 0 Å². The minimum absolute atomic E-state index is 0.0745. The summed E-state index contributed by atoms with van der Waals surface area (Å²) in [6.07, 6.45) is 1.67. The molecule has 2 rings (SSSR count). The number of hydrogen-bond donors (Lipinski definition) is 1. The maximum atomic E-state index is 12.3. The summed E-state index contributed by atoms with van der Waals surface area (Å²) >= 11 is 4.82. The number of rotatable bonds is 5. The monoisotopic (exact) mass is 374 g/mol. The van der Waals surface area contributed by atoms with E-state index >= 15 is 0 Å². The lowest BCUT2D eigenvalue weighted by Crippen LogP contribution is -2.48. The first kappa shape index (κ1) is 16.5. The molecule has 0 aromatic carbocycles. The van der Waals surface area contributed by atoms with Crippen LogP contribution in [0, 0.1) is 0 Å². The van der Waals surface area contributed by atoms with E-state index in [0.29, 0.717) is 13.1 Å². The number of carbonyl (C=O) groups excluding carboxylic acids is 1. The Labute approximate surface area is 136 Å². The fourth-order valence-corrected chi connectivity index (χ4v) is 4.05. The van der Waals surface area contributed by atoms with Crippen molar-refractivity contribution in [2.45, 2.75) is 25.8 Å². The summed E-state index contributed by atoms with van der Waals surface area (Å²) in [5, 5.41) is 8.93. The van der Waals surface area contributed by atoms with Gasteiger partial charge in [0.1, 0.15) is 0 Å². The highest BCUT2D eigenvalue weighted by molar-refractivity contribution is 9.11. The van der Waals surface area contributed by atoms with Crippen molar-refractivity contribution in [2.75, 3.05) is 26.2 Å². The van der Waals surface area contributed by atoms with Crippen LogP contribution in [0.3, 0.4) is 0 Å². The highest BCUT2D eigenvalue weighted by Gasteiger charge is 2.28. The third-order valence-electron chi connectivity index (χ3n) is 3.80. The Bertz CT molecular complexity index is 512. The number of nitrogens with zero attached hydrogens (tertiary/aromatic N) is 2. The molecule has 0 aliphatic carbocycles. The van der Waals surface area contributed by atoms with Crippen molar-refractivity contribution in [3.63, 3.8) is 0 Å². The number of likely N-dealkylation sites (tertiary alicyclic amines) is 1. The number of aliphatic carboxylic acids is 1. The van der Waals surface area contributed by atoms with Gasteiger partial charge in [-0.3, -0.25) is 14.5 Å². The van der Waals surface area contributed by atoms with Crippen LogP contribution in [0.1, 0.15) is 29.4 Å². The molecule has 1 aromatic heterocycles. The second-order valence-electron chi connectivity index (χ2n) is 5.08. The highest BCUT2D eigenvalue weighted by atomic mass is 79.9. The molecule has 0 unspecified atom stereocenters. The van der Waals surface area contributed by atoms with Gasteiger partial charge in [-0.1, -0.05) is 6.92 Å². The van der Waals surface area contributed by atoms with Gasteiger partial charge in [-0.2, -0.15) is 0 Å². The fraction of sp³-hybridized carbons (Fsp3) is 0.571. The summed E-state index contributed by atoms with van der Waals surface area (Å²) < 4.78 is 0.958. The quantitative estimate of drug-likeness (QED) is 0.859. The summed E-state index contributed by atoms with van der Waals surface area (Å²) in [7, 11) is 0. The maximum absolute atomic E-state index is 12.3. The zero-order valence-corrected chi connectivity index (χ0v) is 14.3. The van der Waals surface area contributed by atoms with Crippen LogP contribution in [0.15, 0.2) is 15.9 Å². The number of carbonyl (C=O) groups is 2. The molecule has 116 valence electrons. The highest BCUT2D eigenvalue weighted by Crippen LogP contribution is 2.25. The Balaban J connectivity index is 1.90. The molecule has 2 heterocycles. The van der Waals surface area contributed by atoms with Crippen molar-refractivity contribution in [3.8, 4) is 0 Å². The Morgan fingerprint density at radius 1 is 1.43 bits per heavy atom. The van der Waals surface area contributed by atoms with Gasteiger partial charge in [-0.25, -0.2) is 0 Å². The van der Waals surface area contributed by atoms with Gasteiger partial charge in [0.2, 0.25) is 0 Å². The standard InChI is InChI=1S/C14H19BrN2O3S/c1-2-16(9-13(18)19)10-5-7-17(8-6-10)14(20)11-3-4-12(15)21-11/h3-4,10H,2,5-9H2,1H3,(H,18,19). The molecule has 1 fully saturated rings. The van der Waals surface area contributed by atoms with Crippen LogP contribution in [-0.4, -0.2) is 59.0 Å². The average Bonchev–Trinajstić information content (AvgIpc) is 2.90. The molecule has 21 heavy (non-hydrogen) atoms. The number of thiophene rings is 1. The number of carboxylic acids is 1. The molecular formula is C14H19BrN2O3S. The zero-order chi connectivity index (χ0) is 15.4. The molecule has 1 aliphatic rings. The molecule has 7 heteroatoms. The van der Waals surface area contributed by atoms with Crippen LogP contribution >= 0.6 is 27.3 Å². The molecule has 1 amide bonds. The van der Waals surface area contributed by atoms with Gasteiger partial charge in [-0.05, 0) is 47.4 Å². The molecule has 0 spiro atoms. The lowest BCUT2D eigenvalue weighted by atomic mass is 10.0. The third kappa shape index (κ3) is 4.28. The number of amides is 1. The SMILES string of the molecule is CCN(CC(=O)O)C1CCN(C(=O)c2ccc(Br)s2)CC1. The minimum Gasteiger partial charge on any atom is -0.480 e. The van der Waals surface area contributed by atoms with E-state index in [1.165, 1.54) is 11.3 Å². The summed E-state index contributed by atoms with van der Waals surface area (Å²) in [5.41, 5.74) is 0. The summed E-state index contributed by atoms with van der Waals surface area (Å²) in [6, 6.07) is 3.98. The predicted octanol–water partition coefficient (Wildman–Crippen LogP) is 2.52. The Morgan fingerprint density at radius 3 is 2.57 bits per heavy atom. The second kappa shape index (κ2) is 7.38. The summed E-state index contributed by atoms with van der Waals surface area (Å²) in [4.78, 5) is 27.8. The maximum Gasteiger partial charge on any atom is 0.317 e. The largest absolute Gasteiger partial charge is 0.480 e. The van der Waals surface area contributed by atoms with E-state index in [1.54, 1.807) is 0 Å². The van der Waals surface area contributed by atoms with E-state index in [0.717, 1.165) is 28.0 Å². The topological polar surface area (TPSA) is 60.9 Å². The fourth-order valence-electron chi connectivity index (χ4n) is 2.69. The van der Waals surface area contributed by atoms with Gasteiger partial charge in [0.25, 0.3) is 5.91 Å². The Morgan fingerprint density at radius 2 is 2.10 bits per heavy atom. The van der Waals surface area contributed by atoms with Crippen LogP contribution in [0.2, 0.25) is 0 Å². The van der Waals surface area contributed by atoms with Crippen molar-refractivity contribution in [2.24, 2.45) is 0 Å². The van der Waals surface area contributed by atoms with Crippen molar-refractivity contribution < 1.29 is 14.7 Å². The summed E-state index contributed by atoms with van der Waals surface area (Å²) in [6.45, 7) is 4.16. The predicted molar refractivity (Wildman–Crippen MR) is 85.8 cm³/mol. The van der Waals surface area contributed by atoms with Crippen molar-refractivity contribution in [1.29, 1.82) is 0 Å². The van der Waals surface area contributed by atoms with Gasteiger partial charge >= 0.3 is 5.97 Å². The van der Waals surface area contributed by atoms with Crippen LogP contribution in [0.5, 0.6) is 0 Å². The zero-order valence-electron chi connectivity index (χ0n) is 11.9. The normalized spacial score (nSPS) is 16.4. The number of carboxylic acid groups (broad SMARTS) is 1.